The number of benzene rings is 1. The van der Waals surface area contributed by atoms with E-state index in [1.165, 1.54) is 36.4 Å². The van der Waals surface area contributed by atoms with E-state index in [1.54, 1.807) is 10.2 Å². The summed E-state index contributed by atoms with van der Waals surface area (Å²) < 4.78 is 50.5. The molecule has 0 spiro atoms. The SMILES string of the molecule is O=C(O)c1cc2cc(S(=O)(=O)NS(=O)(=O)c3ccccc3)[nH]c2s1. The fourth-order valence-corrected chi connectivity index (χ4v) is 5.87. The van der Waals surface area contributed by atoms with E-state index in [0.29, 0.717) is 10.2 Å². The number of sulfonamides is 2. The highest BCUT2D eigenvalue weighted by molar-refractivity contribution is 8.04. The molecule has 0 aliphatic carbocycles. The van der Waals surface area contributed by atoms with Gasteiger partial charge in [0.25, 0.3) is 20.0 Å². The summed E-state index contributed by atoms with van der Waals surface area (Å²) in [6.07, 6.45) is 0. The van der Waals surface area contributed by atoms with E-state index in [2.05, 4.69) is 4.98 Å². The van der Waals surface area contributed by atoms with Gasteiger partial charge in [-0.1, -0.05) is 22.3 Å². The lowest BCUT2D eigenvalue weighted by Gasteiger charge is -2.06. The average molecular weight is 386 g/mol. The van der Waals surface area contributed by atoms with Crippen molar-refractivity contribution in [3.05, 3.63) is 47.3 Å². The number of carbonyl (C=O) groups is 1. The van der Waals surface area contributed by atoms with Gasteiger partial charge in [0.15, 0.2) is 5.03 Å². The quantitative estimate of drug-likeness (QED) is 0.610. The van der Waals surface area contributed by atoms with Crippen LogP contribution in [-0.4, -0.2) is 32.9 Å². The standard InChI is InChI=1S/C13H10N2O6S3/c16-13(17)10-6-8-7-11(14-12(8)22-10)24(20,21)15-23(18,19)9-4-2-1-3-5-9/h1-7,14-15H,(H,16,17). The van der Waals surface area contributed by atoms with Crippen LogP contribution in [0.2, 0.25) is 0 Å². The minimum Gasteiger partial charge on any atom is -0.477 e. The first-order chi connectivity index (χ1) is 11.2. The number of hydrogen-bond acceptors (Lipinski definition) is 6. The number of carboxylic acid groups (broad SMARTS) is 1. The highest BCUT2D eigenvalue weighted by Crippen LogP contribution is 2.28. The van der Waals surface area contributed by atoms with Gasteiger partial charge in [-0.3, -0.25) is 0 Å². The fraction of sp³-hybridized carbons (Fsp3) is 0. The summed E-state index contributed by atoms with van der Waals surface area (Å²) in [4.78, 5) is 13.6. The van der Waals surface area contributed by atoms with Crippen LogP contribution in [0.25, 0.3) is 10.2 Å². The molecule has 0 saturated heterocycles. The largest absolute Gasteiger partial charge is 0.477 e. The van der Waals surface area contributed by atoms with Crippen LogP contribution in [-0.2, 0) is 20.0 Å². The number of H-pyrrole nitrogens is 1. The van der Waals surface area contributed by atoms with Crippen molar-refractivity contribution in [3.8, 4) is 0 Å². The van der Waals surface area contributed by atoms with Crippen molar-refractivity contribution < 1.29 is 26.7 Å². The van der Waals surface area contributed by atoms with Crippen molar-refractivity contribution in [3.63, 3.8) is 0 Å². The third-order valence-corrected chi connectivity index (χ3v) is 7.56. The van der Waals surface area contributed by atoms with Gasteiger partial charge >= 0.3 is 5.97 Å². The lowest BCUT2D eigenvalue weighted by molar-refractivity contribution is 0.0702. The Morgan fingerprint density at radius 3 is 2.29 bits per heavy atom. The van der Waals surface area contributed by atoms with Gasteiger partial charge in [-0.2, -0.15) is 0 Å². The number of carboxylic acids is 1. The predicted octanol–water partition coefficient (Wildman–Crippen LogP) is 1.59. The zero-order valence-corrected chi connectivity index (χ0v) is 14.2. The molecule has 0 unspecified atom stereocenters. The zero-order valence-electron chi connectivity index (χ0n) is 11.8. The van der Waals surface area contributed by atoms with Gasteiger partial charge in [-0.15, -0.1) is 11.3 Å². The van der Waals surface area contributed by atoms with Crippen molar-refractivity contribution in [1.29, 1.82) is 0 Å². The number of aromatic carboxylic acids is 1. The van der Waals surface area contributed by atoms with Crippen LogP contribution in [0.15, 0.2) is 52.4 Å². The zero-order chi connectivity index (χ0) is 17.5. The molecular formula is C13H10N2O6S3. The minimum atomic E-state index is -4.37. The average Bonchev–Trinajstić information content (AvgIpc) is 3.06. The van der Waals surface area contributed by atoms with Crippen molar-refractivity contribution in [2.75, 3.05) is 0 Å². The smallest absolute Gasteiger partial charge is 0.345 e. The number of aromatic amines is 1. The van der Waals surface area contributed by atoms with Gasteiger partial charge in [0.2, 0.25) is 0 Å². The Morgan fingerprint density at radius 2 is 1.71 bits per heavy atom. The third kappa shape index (κ3) is 3.06. The Bertz CT molecular complexity index is 1100. The number of aromatic nitrogens is 1. The van der Waals surface area contributed by atoms with E-state index < -0.39 is 26.0 Å². The molecule has 0 amide bonds. The second kappa shape index (κ2) is 5.70. The maximum Gasteiger partial charge on any atom is 0.345 e. The second-order valence-electron chi connectivity index (χ2n) is 4.74. The number of thiophene rings is 1. The summed E-state index contributed by atoms with van der Waals surface area (Å²) in [5.41, 5.74) is 0. The molecule has 1 aromatic carbocycles. The van der Waals surface area contributed by atoms with E-state index in [-0.39, 0.29) is 14.8 Å². The molecule has 0 atom stereocenters. The van der Waals surface area contributed by atoms with Crippen LogP contribution < -0.4 is 4.13 Å². The topological polar surface area (TPSA) is 133 Å². The highest BCUT2D eigenvalue weighted by atomic mass is 32.3. The van der Waals surface area contributed by atoms with Crippen LogP contribution in [0.1, 0.15) is 9.67 Å². The number of hydrogen-bond donors (Lipinski definition) is 3. The Labute approximate surface area is 140 Å². The molecule has 3 rings (SSSR count). The summed E-state index contributed by atoms with van der Waals surface area (Å²) in [5, 5.41) is 8.91. The lowest BCUT2D eigenvalue weighted by Crippen LogP contribution is -2.30. The molecule has 0 fully saturated rings. The van der Waals surface area contributed by atoms with Crippen molar-refractivity contribution in [2.24, 2.45) is 0 Å². The fourth-order valence-electron chi connectivity index (χ4n) is 1.99. The molecule has 2 aromatic heterocycles. The monoisotopic (exact) mass is 386 g/mol. The van der Waals surface area contributed by atoms with Crippen LogP contribution >= 0.6 is 11.3 Å². The lowest BCUT2D eigenvalue weighted by atomic mass is 10.4. The van der Waals surface area contributed by atoms with Crippen LogP contribution in [0.3, 0.4) is 0 Å². The Balaban J connectivity index is 1.96. The predicted molar refractivity (Wildman–Crippen MR) is 87.1 cm³/mol. The first kappa shape index (κ1) is 16.6. The van der Waals surface area contributed by atoms with E-state index in [1.807, 2.05) is 0 Å². The first-order valence-electron chi connectivity index (χ1n) is 6.38. The van der Waals surface area contributed by atoms with Crippen LogP contribution in [0.4, 0.5) is 0 Å². The van der Waals surface area contributed by atoms with Gasteiger partial charge in [0, 0.05) is 5.39 Å². The van der Waals surface area contributed by atoms with Crippen molar-refractivity contribution >= 4 is 47.6 Å². The molecule has 3 N–H and O–H groups in total. The molecule has 0 aliphatic rings. The summed E-state index contributed by atoms with van der Waals surface area (Å²) in [7, 11) is -8.62. The van der Waals surface area contributed by atoms with E-state index in [9.17, 15) is 21.6 Å². The highest BCUT2D eigenvalue weighted by Gasteiger charge is 2.26. The van der Waals surface area contributed by atoms with E-state index in [0.717, 1.165) is 11.3 Å². The van der Waals surface area contributed by atoms with Gasteiger partial charge in [0.1, 0.15) is 9.71 Å². The molecular weight excluding hydrogens is 376 g/mol. The molecule has 3 aromatic rings. The van der Waals surface area contributed by atoms with E-state index >= 15 is 0 Å². The summed E-state index contributed by atoms with van der Waals surface area (Å²) in [5.74, 6) is -1.13. The molecule has 11 heteroatoms. The van der Waals surface area contributed by atoms with Gasteiger partial charge in [-0.25, -0.2) is 21.6 Å². The Morgan fingerprint density at radius 1 is 1.04 bits per heavy atom. The summed E-state index contributed by atoms with van der Waals surface area (Å²) >= 11 is 0.860. The van der Waals surface area contributed by atoms with Crippen LogP contribution in [0, 0.1) is 0 Å². The maximum absolute atomic E-state index is 12.3. The molecule has 0 saturated carbocycles. The normalized spacial score (nSPS) is 12.5. The number of rotatable bonds is 5. The molecule has 126 valence electrons. The van der Waals surface area contributed by atoms with Crippen LogP contribution in [0.5, 0.6) is 0 Å². The van der Waals surface area contributed by atoms with Gasteiger partial charge in [-0.05, 0) is 24.3 Å². The maximum atomic E-state index is 12.3. The van der Waals surface area contributed by atoms with E-state index in [4.69, 9.17) is 5.11 Å². The minimum absolute atomic E-state index is 0.0464. The summed E-state index contributed by atoms with van der Waals surface area (Å²) in [6.45, 7) is 0. The van der Waals surface area contributed by atoms with Crippen molar-refractivity contribution in [2.45, 2.75) is 9.92 Å². The summed E-state index contributed by atoms with van der Waals surface area (Å²) in [6, 6.07) is 9.57. The number of nitrogens with one attached hydrogen (secondary N) is 2. The molecule has 8 nitrogen and oxygen atoms in total. The Kier molecular flexibility index (Phi) is 3.95. The second-order valence-corrected chi connectivity index (χ2v) is 9.38. The van der Waals surface area contributed by atoms with Gasteiger partial charge in [0.05, 0.1) is 4.90 Å². The molecule has 2 heterocycles. The molecule has 0 bridgehead atoms. The molecule has 0 aliphatic heterocycles. The van der Waals surface area contributed by atoms with Crippen molar-refractivity contribution in [1.82, 2.24) is 9.11 Å². The third-order valence-electron chi connectivity index (χ3n) is 3.06. The number of fused-ring (bicyclic) bond motifs is 1. The molecule has 24 heavy (non-hydrogen) atoms. The first-order valence-corrected chi connectivity index (χ1v) is 10.2. The Hall–Kier alpha value is -2.21. The molecule has 0 radical (unpaired) electrons. The van der Waals surface area contributed by atoms with Gasteiger partial charge < -0.3 is 10.1 Å².